The molecule has 0 aliphatic carbocycles. The van der Waals surface area contributed by atoms with Crippen molar-refractivity contribution in [1.82, 2.24) is 0 Å². The molecule has 2 rings (SSSR count). The summed E-state index contributed by atoms with van der Waals surface area (Å²) in [7, 11) is 0. The Labute approximate surface area is 123 Å². The maximum Gasteiger partial charge on any atom is 0.262 e. The van der Waals surface area contributed by atoms with Crippen molar-refractivity contribution in [2.24, 2.45) is 5.73 Å². The van der Waals surface area contributed by atoms with Crippen molar-refractivity contribution in [2.45, 2.75) is 6.54 Å². The van der Waals surface area contributed by atoms with Crippen LogP contribution in [0.4, 0.5) is 5.69 Å². The standard InChI is InChI=1S/C16H15N3O2/c17-9-12-5-7-14(8-6-12)21-11-16(20)19-15-4-2-1-3-13(15)10-18/h1-8H,9,11,17H2,(H,19,20). The van der Waals surface area contributed by atoms with Gasteiger partial charge in [-0.15, -0.1) is 0 Å². The van der Waals surface area contributed by atoms with Crippen LogP contribution in [0.2, 0.25) is 0 Å². The highest BCUT2D eigenvalue weighted by molar-refractivity contribution is 5.93. The molecule has 0 radical (unpaired) electrons. The first-order valence-electron chi connectivity index (χ1n) is 6.43. The van der Waals surface area contributed by atoms with Crippen LogP contribution in [0.5, 0.6) is 5.75 Å². The third-order valence-corrected chi connectivity index (χ3v) is 2.85. The molecule has 1 amide bonds. The van der Waals surface area contributed by atoms with Crippen molar-refractivity contribution in [1.29, 1.82) is 5.26 Å². The molecule has 21 heavy (non-hydrogen) atoms. The van der Waals surface area contributed by atoms with Crippen LogP contribution < -0.4 is 15.8 Å². The van der Waals surface area contributed by atoms with Crippen molar-refractivity contribution in [3.05, 3.63) is 59.7 Å². The number of hydrogen-bond donors (Lipinski definition) is 2. The minimum absolute atomic E-state index is 0.123. The van der Waals surface area contributed by atoms with Gasteiger partial charge in [0.2, 0.25) is 0 Å². The van der Waals surface area contributed by atoms with Gasteiger partial charge in [-0.2, -0.15) is 5.26 Å². The van der Waals surface area contributed by atoms with Crippen molar-refractivity contribution in [2.75, 3.05) is 11.9 Å². The predicted molar refractivity (Wildman–Crippen MR) is 79.6 cm³/mol. The summed E-state index contributed by atoms with van der Waals surface area (Å²) in [5, 5.41) is 11.6. The fourth-order valence-electron chi connectivity index (χ4n) is 1.75. The smallest absolute Gasteiger partial charge is 0.262 e. The molecule has 0 spiro atoms. The average Bonchev–Trinajstić information content (AvgIpc) is 2.54. The van der Waals surface area contributed by atoms with Crippen molar-refractivity contribution in [3.8, 4) is 11.8 Å². The van der Waals surface area contributed by atoms with Gasteiger partial charge < -0.3 is 15.8 Å². The Balaban J connectivity index is 1.91. The molecule has 2 aromatic carbocycles. The molecule has 0 aromatic heterocycles. The fourth-order valence-corrected chi connectivity index (χ4v) is 1.75. The molecule has 0 aliphatic rings. The Morgan fingerprint density at radius 3 is 2.57 bits per heavy atom. The second-order valence-corrected chi connectivity index (χ2v) is 4.34. The number of carbonyl (C=O) groups is 1. The first-order valence-corrected chi connectivity index (χ1v) is 6.43. The van der Waals surface area contributed by atoms with Crippen LogP contribution in [-0.2, 0) is 11.3 Å². The highest BCUT2D eigenvalue weighted by Gasteiger charge is 2.07. The maximum absolute atomic E-state index is 11.8. The van der Waals surface area contributed by atoms with Crippen LogP contribution in [0.1, 0.15) is 11.1 Å². The first-order chi connectivity index (χ1) is 10.2. The van der Waals surface area contributed by atoms with Crippen LogP contribution in [0, 0.1) is 11.3 Å². The van der Waals surface area contributed by atoms with E-state index in [0.29, 0.717) is 23.5 Å². The summed E-state index contributed by atoms with van der Waals surface area (Å²) in [6, 6.07) is 16.0. The summed E-state index contributed by atoms with van der Waals surface area (Å²) in [5.41, 5.74) is 7.39. The lowest BCUT2D eigenvalue weighted by Gasteiger charge is -2.08. The van der Waals surface area contributed by atoms with Crippen molar-refractivity contribution < 1.29 is 9.53 Å². The molecule has 0 unspecified atom stereocenters. The number of amides is 1. The number of carbonyl (C=O) groups excluding carboxylic acids is 1. The summed E-state index contributed by atoms with van der Waals surface area (Å²) >= 11 is 0. The molecule has 0 saturated carbocycles. The molecule has 0 atom stereocenters. The van der Waals surface area contributed by atoms with Gasteiger partial charge in [0.25, 0.3) is 5.91 Å². The molecule has 0 heterocycles. The molecule has 106 valence electrons. The molecule has 3 N–H and O–H groups in total. The number of nitrogens with two attached hydrogens (primary N) is 1. The first kappa shape index (κ1) is 14.6. The molecule has 0 aliphatic heterocycles. The monoisotopic (exact) mass is 281 g/mol. The lowest BCUT2D eigenvalue weighted by atomic mass is 10.2. The van der Waals surface area contributed by atoms with E-state index in [9.17, 15) is 4.79 Å². The topological polar surface area (TPSA) is 88.1 Å². The largest absolute Gasteiger partial charge is 0.484 e. The SMILES string of the molecule is N#Cc1ccccc1NC(=O)COc1ccc(CN)cc1. The summed E-state index contributed by atoms with van der Waals surface area (Å²) < 4.78 is 5.38. The molecule has 0 saturated heterocycles. The lowest BCUT2D eigenvalue weighted by Crippen LogP contribution is -2.20. The van der Waals surface area contributed by atoms with Crippen LogP contribution in [0.25, 0.3) is 0 Å². The van der Waals surface area contributed by atoms with E-state index in [0.717, 1.165) is 5.56 Å². The number of nitrogens with one attached hydrogen (secondary N) is 1. The van der Waals surface area contributed by atoms with E-state index in [1.807, 2.05) is 18.2 Å². The van der Waals surface area contributed by atoms with Crippen molar-refractivity contribution in [3.63, 3.8) is 0 Å². The third kappa shape index (κ3) is 4.06. The number of rotatable bonds is 5. The van der Waals surface area contributed by atoms with Crippen LogP contribution in [0.3, 0.4) is 0 Å². The number of nitriles is 1. The Hall–Kier alpha value is -2.84. The zero-order valence-corrected chi connectivity index (χ0v) is 11.4. The molecule has 0 bridgehead atoms. The Morgan fingerprint density at radius 1 is 1.19 bits per heavy atom. The Kier molecular flexibility index (Phi) is 4.91. The number of benzene rings is 2. The van der Waals surface area contributed by atoms with Gasteiger partial charge in [-0.1, -0.05) is 24.3 Å². The van der Waals surface area contributed by atoms with Crippen molar-refractivity contribution >= 4 is 11.6 Å². The minimum Gasteiger partial charge on any atom is -0.484 e. The number of anilines is 1. The highest BCUT2D eigenvalue weighted by Crippen LogP contribution is 2.14. The van der Waals surface area contributed by atoms with E-state index in [-0.39, 0.29) is 12.5 Å². The van der Waals surface area contributed by atoms with Gasteiger partial charge in [0.1, 0.15) is 11.8 Å². The molecule has 5 nitrogen and oxygen atoms in total. The van der Waals surface area contributed by atoms with Crippen LogP contribution >= 0.6 is 0 Å². The van der Waals surface area contributed by atoms with Gasteiger partial charge in [-0.25, -0.2) is 0 Å². The predicted octanol–water partition coefficient (Wildman–Crippen LogP) is 2.03. The van der Waals surface area contributed by atoms with Gasteiger partial charge in [-0.3, -0.25) is 4.79 Å². The zero-order valence-electron chi connectivity index (χ0n) is 11.4. The van der Waals surface area contributed by atoms with E-state index in [4.69, 9.17) is 15.7 Å². The number of nitrogens with zero attached hydrogens (tertiary/aromatic N) is 1. The van der Waals surface area contributed by atoms with E-state index in [2.05, 4.69) is 5.32 Å². The summed E-state index contributed by atoms with van der Waals surface area (Å²) in [4.78, 5) is 11.8. The van der Waals surface area contributed by atoms with E-state index in [1.165, 1.54) is 0 Å². The average molecular weight is 281 g/mol. The molecular weight excluding hydrogens is 266 g/mol. The van der Waals surface area contributed by atoms with E-state index >= 15 is 0 Å². The van der Waals surface area contributed by atoms with E-state index in [1.54, 1.807) is 36.4 Å². The summed E-state index contributed by atoms with van der Waals surface area (Å²) in [6.07, 6.45) is 0. The van der Waals surface area contributed by atoms with Gasteiger partial charge in [0.15, 0.2) is 6.61 Å². The minimum atomic E-state index is -0.319. The van der Waals surface area contributed by atoms with Crippen LogP contribution in [0.15, 0.2) is 48.5 Å². The quantitative estimate of drug-likeness (QED) is 0.877. The Bertz CT molecular complexity index is 660. The molecular formula is C16H15N3O2. The van der Waals surface area contributed by atoms with Crippen LogP contribution in [-0.4, -0.2) is 12.5 Å². The summed E-state index contributed by atoms with van der Waals surface area (Å²) in [6.45, 7) is 0.341. The summed E-state index contributed by atoms with van der Waals surface area (Å²) in [5.74, 6) is 0.275. The second kappa shape index (κ2) is 7.08. The molecule has 5 heteroatoms. The zero-order chi connectivity index (χ0) is 15.1. The normalized spacial score (nSPS) is 9.71. The number of hydrogen-bond acceptors (Lipinski definition) is 4. The highest BCUT2D eigenvalue weighted by atomic mass is 16.5. The molecule has 2 aromatic rings. The van der Waals surface area contributed by atoms with Gasteiger partial charge in [0, 0.05) is 6.54 Å². The van der Waals surface area contributed by atoms with Gasteiger partial charge >= 0.3 is 0 Å². The molecule has 0 fully saturated rings. The maximum atomic E-state index is 11.8. The second-order valence-electron chi connectivity index (χ2n) is 4.34. The third-order valence-electron chi connectivity index (χ3n) is 2.85. The Morgan fingerprint density at radius 2 is 1.90 bits per heavy atom. The lowest BCUT2D eigenvalue weighted by molar-refractivity contribution is -0.118. The number of ether oxygens (including phenoxy) is 1. The number of para-hydroxylation sites is 1. The fraction of sp³-hybridized carbons (Fsp3) is 0.125. The van der Waals surface area contributed by atoms with Gasteiger partial charge in [0.05, 0.1) is 11.3 Å². The van der Waals surface area contributed by atoms with Gasteiger partial charge in [-0.05, 0) is 29.8 Å². The van der Waals surface area contributed by atoms with E-state index < -0.39 is 0 Å².